The lowest BCUT2D eigenvalue weighted by atomic mass is 9.93. The number of nitrogens with zero attached hydrogens (tertiary/aromatic N) is 5. The van der Waals surface area contributed by atoms with Crippen LogP contribution in [0.2, 0.25) is 0 Å². The van der Waals surface area contributed by atoms with Crippen LogP contribution in [-0.2, 0) is 32.2 Å². The number of nitrogen functional groups attached to an aromatic ring is 1. The van der Waals surface area contributed by atoms with E-state index in [9.17, 15) is 24.6 Å². The van der Waals surface area contributed by atoms with Crippen molar-refractivity contribution in [1.82, 2.24) is 35.1 Å². The average molecular weight is 533 g/mol. The second kappa shape index (κ2) is 11.0. The van der Waals surface area contributed by atoms with Gasteiger partial charge in [0.2, 0.25) is 0 Å². The minimum Gasteiger partial charge on any atom is -0.434 e. The van der Waals surface area contributed by atoms with Crippen LogP contribution in [0, 0.1) is 5.92 Å². The number of aliphatic hydroxyl groups is 2. The highest BCUT2D eigenvalue weighted by Gasteiger charge is 2.35. The Hall–Kier alpha value is -3.56. The summed E-state index contributed by atoms with van der Waals surface area (Å²) in [5.41, 5.74) is 6.95. The minimum atomic E-state index is -1.38. The van der Waals surface area contributed by atoms with E-state index in [0.29, 0.717) is 55.9 Å². The molecule has 2 aromatic rings. The van der Waals surface area contributed by atoms with Gasteiger partial charge in [-0.15, -0.1) is 0 Å². The molecule has 206 valence electrons. The van der Waals surface area contributed by atoms with Crippen molar-refractivity contribution in [1.29, 1.82) is 0 Å². The van der Waals surface area contributed by atoms with Crippen LogP contribution in [0.3, 0.4) is 0 Å². The van der Waals surface area contributed by atoms with E-state index in [1.807, 2.05) is 0 Å². The van der Waals surface area contributed by atoms with Gasteiger partial charge in [-0.3, -0.25) is 14.2 Å². The average Bonchev–Trinajstić information content (AvgIpc) is 3.63. The number of hydrogen-bond acceptors (Lipinski definition) is 11. The van der Waals surface area contributed by atoms with Gasteiger partial charge in [0.25, 0.3) is 11.8 Å². The van der Waals surface area contributed by atoms with Gasteiger partial charge in [-0.05, 0) is 31.6 Å². The number of likely N-dealkylation sites (tertiary alicyclic amines) is 1. The van der Waals surface area contributed by atoms with E-state index in [1.54, 1.807) is 9.47 Å². The van der Waals surface area contributed by atoms with Crippen LogP contribution < -0.4 is 16.4 Å². The highest BCUT2D eigenvalue weighted by Crippen LogP contribution is 2.24. The fourth-order valence-electron chi connectivity index (χ4n) is 4.47. The Kier molecular flexibility index (Phi) is 7.58. The molecule has 2 saturated heterocycles. The van der Waals surface area contributed by atoms with Crippen molar-refractivity contribution < 1.29 is 34.1 Å². The molecule has 3 atom stereocenters. The van der Waals surface area contributed by atoms with Crippen molar-refractivity contribution in [3.8, 4) is 0 Å². The fourth-order valence-corrected chi connectivity index (χ4v) is 4.47. The molecule has 3 amide bonds. The predicted molar refractivity (Wildman–Crippen MR) is 130 cm³/mol. The number of anilines is 1. The zero-order chi connectivity index (χ0) is 26.8. The first kappa shape index (κ1) is 26.1. The molecule has 1 aliphatic carbocycles. The number of β-lactam (4-membered cyclic amide) rings is 1. The molecule has 2 aromatic heterocycles. The van der Waals surface area contributed by atoms with Crippen LogP contribution in [0.1, 0.15) is 31.5 Å². The van der Waals surface area contributed by atoms with Crippen molar-refractivity contribution in [2.24, 2.45) is 5.92 Å². The number of piperidine rings is 1. The quantitative estimate of drug-likeness (QED) is 0.217. The summed E-state index contributed by atoms with van der Waals surface area (Å²) in [6.07, 6.45) is 1.36. The van der Waals surface area contributed by atoms with Crippen LogP contribution in [-0.4, -0.2) is 103 Å². The molecule has 2 unspecified atom stereocenters. The molecule has 38 heavy (non-hydrogen) atoms. The number of fused-ring (bicyclic) bond motifs is 1. The molecule has 1 saturated carbocycles. The van der Waals surface area contributed by atoms with Crippen LogP contribution in [0.15, 0.2) is 6.33 Å². The normalized spacial score (nSPS) is 21.5. The van der Waals surface area contributed by atoms with E-state index in [-0.39, 0.29) is 30.4 Å². The summed E-state index contributed by atoms with van der Waals surface area (Å²) in [5.74, 6) is 0.180. The molecule has 4 heterocycles. The molecule has 2 aliphatic heterocycles. The van der Waals surface area contributed by atoms with Crippen LogP contribution in [0.5, 0.6) is 0 Å². The van der Waals surface area contributed by atoms with Crippen molar-refractivity contribution in [3.05, 3.63) is 12.2 Å². The summed E-state index contributed by atoms with van der Waals surface area (Å²) in [5, 5.41) is 24.8. The number of nitrogens with one attached hydrogen (secondary N) is 2. The van der Waals surface area contributed by atoms with E-state index in [0.717, 1.165) is 12.8 Å². The maximum absolute atomic E-state index is 12.5. The molecule has 15 heteroatoms. The van der Waals surface area contributed by atoms with Gasteiger partial charge in [0.15, 0.2) is 23.7 Å². The molecular weight excluding hydrogens is 500 g/mol. The van der Waals surface area contributed by atoms with Crippen molar-refractivity contribution in [2.45, 2.75) is 63.2 Å². The molecule has 3 aliphatic rings. The molecule has 0 radical (unpaired) electrons. The number of hydrogen-bond donors (Lipinski definition) is 5. The molecule has 5 rings (SSSR count). The first-order valence-corrected chi connectivity index (χ1v) is 12.7. The number of carbonyl (C=O) groups is 3. The number of aliphatic hydroxyl groups excluding tert-OH is 2. The maximum Gasteiger partial charge on any atom is 0.410 e. The highest BCUT2D eigenvalue weighted by molar-refractivity contribution is 5.88. The summed E-state index contributed by atoms with van der Waals surface area (Å²) in [7, 11) is 0. The number of aromatic nitrogens is 4. The van der Waals surface area contributed by atoms with E-state index in [2.05, 4.69) is 25.6 Å². The molecular formula is C23H32N8O7. The third-order valence-corrected chi connectivity index (χ3v) is 6.99. The van der Waals surface area contributed by atoms with Gasteiger partial charge in [-0.2, -0.15) is 0 Å². The Labute approximate surface area is 217 Å². The molecule has 0 spiro atoms. The molecule has 15 nitrogen and oxygen atoms in total. The number of amides is 3. The van der Waals surface area contributed by atoms with E-state index in [4.69, 9.17) is 15.2 Å². The Bertz CT molecular complexity index is 1190. The van der Waals surface area contributed by atoms with Crippen molar-refractivity contribution in [2.75, 3.05) is 32.0 Å². The lowest BCUT2D eigenvalue weighted by Crippen LogP contribution is -2.56. The smallest absolute Gasteiger partial charge is 0.410 e. The topological polar surface area (TPSA) is 207 Å². The first-order chi connectivity index (χ1) is 18.3. The molecule has 0 bridgehead atoms. The summed E-state index contributed by atoms with van der Waals surface area (Å²) < 4.78 is 12.5. The first-order valence-electron chi connectivity index (χ1n) is 12.7. The number of rotatable bonds is 10. The molecule has 6 N–H and O–H groups in total. The van der Waals surface area contributed by atoms with Gasteiger partial charge in [-0.25, -0.2) is 19.7 Å². The van der Waals surface area contributed by atoms with E-state index >= 15 is 0 Å². The van der Waals surface area contributed by atoms with Crippen molar-refractivity contribution in [3.63, 3.8) is 0 Å². The monoisotopic (exact) mass is 532 g/mol. The zero-order valence-electron chi connectivity index (χ0n) is 20.8. The Morgan fingerprint density at radius 2 is 2.00 bits per heavy atom. The minimum absolute atomic E-state index is 0.0745. The maximum atomic E-state index is 12.5. The molecule has 0 aromatic carbocycles. The number of ether oxygens (including phenoxy) is 2. The van der Waals surface area contributed by atoms with Gasteiger partial charge in [0, 0.05) is 25.6 Å². The predicted octanol–water partition coefficient (Wildman–Crippen LogP) is -1.73. The number of nitrogens with two attached hydrogens (primary N) is 1. The Balaban J connectivity index is 1.20. The van der Waals surface area contributed by atoms with Gasteiger partial charge < -0.3 is 41.0 Å². The standard InChI is InChI=1S/C23H32N8O7/c24-19-17-20(31(10-26-17)11-37-18(14(33)9-32)22(35)27-13-1-2-13)29-16(28-19)7-12-3-5-30(6-4-12)23(36)38-15-8-25-21(15)34/h10,12-15,18,32-33H,1-9,11H2,(H,25,34)(H,27,35)(H2,24,28,29)/t14?,15?,18-/m0/s1. The number of carbonyl (C=O) groups excluding carboxylic acids is 3. The van der Waals surface area contributed by atoms with Crippen molar-refractivity contribution >= 4 is 34.9 Å². The van der Waals surface area contributed by atoms with Gasteiger partial charge in [0.05, 0.1) is 19.5 Å². The Morgan fingerprint density at radius 3 is 2.63 bits per heavy atom. The Morgan fingerprint density at radius 1 is 1.24 bits per heavy atom. The van der Waals surface area contributed by atoms with Crippen LogP contribution >= 0.6 is 0 Å². The van der Waals surface area contributed by atoms with Gasteiger partial charge in [0.1, 0.15) is 24.2 Å². The second-order valence-corrected chi connectivity index (χ2v) is 9.91. The van der Waals surface area contributed by atoms with Crippen LogP contribution in [0.25, 0.3) is 11.2 Å². The largest absolute Gasteiger partial charge is 0.434 e. The molecule has 3 fully saturated rings. The summed E-state index contributed by atoms with van der Waals surface area (Å²) >= 11 is 0. The van der Waals surface area contributed by atoms with Gasteiger partial charge >= 0.3 is 6.09 Å². The fraction of sp³-hybridized carbons (Fsp3) is 0.652. The lowest BCUT2D eigenvalue weighted by Gasteiger charge is -2.33. The van der Waals surface area contributed by atoms with E-state index < -0.39 is 36.9 Å². The summed E-state index contributed by atoms with van der Waals surface area (Å²) in [6, 6.07) is 0.0745. The second-order valence-electron chi connectivity index (χ2n) is 9.91. The third-order valence-electron chi connectivity index (χ3n) is 6.99. The number of imidazole rings is 1. The summed E-state index contributed by atoms with van der Waals surface area (Å²) in [4.78, 5) is 51.0. The van der Waals surface area contributed by atoms with E-state index in [1.165, 1.54) is 6.33 Å². The lowest BCUT2D eigenvalue weighted by molar-refractivity contribution is -0.147. The van der Waals surface area contributed by atoms with Gasteiger partial charge in [-0.1, -0.05) is 0 Å². The van der Waals surface area contributed by atoms with Crippen LogP contribution in [0.4, 0.5) is 10.6 Å². The summed E-state index contributed by atoms with van der Waals surface area (Å²) in [6.45, 7) is 0.572. The highest BCUT2D eigenvalue weighted by atomic mass is 16.6. The SMILES string of the molecule is Nc1nc(CC2CCN(C(=O)OC3CNC3=O)CC2)nc2c1ncn2CO[C@H](C(=O)NC1CC1)C(O)CO. The third kappa shape index (κ3) is 5.79. The zero-order valence-corrected chi connectivity index (χ0v) is 20.8.